The van der Waals surface area contributed by atoms with Crippen molar-refractivity contribution in [2.24, 2.45) is 10.9 Å². The Hall–Kier alpha value is -1.81. The van der Waals surface area contributed by atoms with E-state index in [1.165, 1.54) is 5.56 Å². The first-order valence-electron chi connectivity index (χ1n) is 8.01. The topological polar surface area (TPSA) is 45.7 Å². The normalized spacial score (nSPS) is 16.7. The molecule has 0 amide bonds. The first-order valence-corrected chi connectivity index (χ1v) is 8.01. The number of hydrogen-bond acceptors (Lipinski definition) is 2. The van der Waals surface area contributed by atoms with E-state index in [0.29, 0.717) is 18.6 Å². The summed E-state index contributed by atoms with van der Waals surface area (Å²) in [5, 5.41) is 6.81. The number of benzene rings is 1. The minimum absolute atomic E-state index is 0.434. The van der Waals surface area contributed by atoms with Crippen LogP contribution in [0.3, 0.4) is 0 Å². The molecular formula is C18H27N3O. The van der Waals surface area contributed by atoms with E-state index in [1.807, 2.05) is 25.2 Å². The van der Waals surface area contributed by atoms with Gasteiger partial charge >= 0.3 is 0 Å². The van der Waals surface area contributed by atoms with E-state index in [9.17, 15) is 0 Å². The van der Waals surface area contributed by atoms with Gasteiger partial charge in [0, 0.05) is 19.6 Å². The molecule has 0 aliphatic heterocycles. The molecule has 1 unspecified atom stereocenters. The Morgan fingerprint density at radius 1 is 1.27 bits per heavy atom. The smallest absolute Gasteiger partial charge is 0.191 e. The summed E-state index contributed by atoms with van der Waals surface area (Å²) in [6, 6.07) is 10.8. The molecule has 1 aliphatic carbocycles. The number of nitrogens with one attached hydrogen (secondary N) is 2. The largest absolute Gasteiger partial charge is 0.376 e. The van der Waals surface area contributed by atoms with Crippen molar-refractivity contribution >= 4 is 5.96 Å². The molecule has 0 bridgehead atoms. The number of hydrogen-bond donors (Lipinski definition) is 2. The Bertz CT molecular complexity index is 476. The molecule has 4 heteroatoms. The molecule has 4 nitrogen and oxygen atoms in total. The predicted octanol–water partition coefficient (Wildman–Crippen LogP) is 2.72. The van der Waals surface area contributed by atoms with Gasteiger partial charge in [0.15, 0.2) is 5.96 Å². The van der Waals surface area contributed by atoms with Crippen LogP contribution >= 0.6 is 0 Å². The van der Waals surface area contributed by atoms with Gasteiger partial charge in [-0.3, -0.25) is 4.99 Å². The third kappa shape index (κ3) is 5.90. The van der Waals surface area contributed by atoms with Crippen molar-refractivity contribution in [1.82, 2.24) is 10.6 Å². The van der Waals surface area contributed by atoms with E-state index in [1.54, 1.807) is 0 Å². The Balaban J connectivity index is 1.60. The molecule has 0 heterocycles. The second kappa shape index (κ2) is 9.26. The second-order valence-corrected chi connectivity index (χ2v) is 5.84. The molecule has 0 saturated heterocycles. The van der Waals surface area contributed by atoms with E-state index in [2.05, 4.69) is 46.8 Å². The molecule has 0 aromatic heterocycles. The first-order chi connectivity index (χ1) is 10.8. The molecule has 1 aliphatic rings. The Labute approximate surface area is 133 Å². The summed E-state index contributed by atoms with van der Waals surface area (Å²) in [6.07, 6.45) is 6.59. The molecule has 0 fully saturated rings. The maximum Gasteiger partial charge on any atom is 0.191 e. The lowest BCUT2D eigenvalue weighted by atomic mass is 10.2. The molecule has 120 valence electrons. The van der Waals surface area contributed by atoms with Gasteiger partial charge in [0.25, 0.3) is 0 Å². The highest BCUT2D eigenvalue weighted by molar-refractivity contribution is 5.80. The van der Waals surface area contributed by atoms with Gasteiger partial charge in [-0.1, -0.05) is 49.4 Å². The maximum atomic E-state index is 5.77. The van der Waals surface area contributed by atoms with Crippen LogP contribution in [-0.4, -0.2) is 32.2 Å². The van der Waals surface area contributed by atoms with E-state index in [-0.39, 0.29) is 0 Å². The highest BCUT2D eigenvalue weighted by atomic mass is 16.5. The first kappa shape index (κ1) is 16.6. The number of ether oxygens (including phenoxy) is 1. The molecule has 0 spiro atoms. The van der Waals surface area contributed by atoms with E-state index < -0.39 is 0 Å². The van der Waals surface area contributed by atoms with Crippen LogP contribution in [-0.2, 0) is 11.3 Å². The van der Waals surface area contributed by atoms with Crippen LogP contribution in [0.4, 0.5) is 0 Å². The lowest BCUT2D eigenvalue weighted by Gasteiger charge is -2.19. The van der Waals surface area contributed by atoms with Gasteiger partial charge in [0.05, 0.1) is 13.2 Å². The van der Waals surface area contributed by atoms with Gasteiger partial charge in [0.2, 0.25) is 0 Å². The zero-order chi connectivity index (χ0) is 15.6. The van der Waals surface area contributed by atoms with E-state index >= 15 is 0 Å². The second-order valence-electron chi connectivity index (χ2n) is 5.84. The van der Waals surface area contributed by atoms with Gasteiger partial charge in [0.1, 0.15) is 0 Å². The van der Waals surface area contributed by atoms with Crippen LogP contribution in [0.2, 0.25) is 0 Å². The maximum absolute atomic E-state index is 5.77. The van der Waals surface area contributed by atoms with Crippen molar-refractivity contribution in [3.63, 3.8) is 0 Å². The molecule has 0 saturated carbocycles. The lowest BCUT2D eigenvalue weighted by Crippen LogP contribution is -2.44. The van der Waals surface area contributed by atoms with E-state index in [0.717, 1.165) is 32.0 Å². The average molecular weight is 301 g/mol. The van der Waals surface area contributed by atoms with Crippen molar-refractivity contribution in [3.8, 4) is 0 Å². The van der Waals surface area contributed by atoms with Gasteiger partial charge in [-0.15, -0.1) is 0 Å². The molecule has 0 radical (unpaired) electrons. The van der Waals surface area contributed by atoms with Gasteiger partial charge in [-0.05, 0) is 24.3 Å². The average Bonchev–Trinajstić information content (AvgIpc) is 3.05. The third-order valence-electron chi connectivity index (χ3n) is 3.70. The van der Waals surface area contributed by atoms with Crippen molar-refractivity contribution in [3.05, 3.63) is 48.0 Å². The highest BCUT2D eigenvalue weighted by Gasteiger charge is 2.12. The van der Waals surface area contributed by atoms with Crippen molar-refractivity contribution in [2.75, 3.05) is 20.2 Å². The summed E-state index contributed by atoms with van der Waals surface area (Å²) in [6.45, 7) is 4.45. The van der Waals surface area contributed by atoms with Crippen LogP contribution in [0.5, 0.6) is 0 Å². The molecule has 1 aromatic carbocycles. The summed E-state index contributed by atoms with van der Waals surface area (Å²) >= 11 is 0. The van der Waals surface area contributed by atoms with Crippen LogP contribution in [0.25, 0.3) is 0 Å². The Kier molecular flexibility index (Phi) is 6.97. The number of guanidine groups is 1. The third-order valence-corrected chi connectivity index (χ3v) is 3.70. The van der Waals surface area contributed by atoms with E-state index in [4.69, 9.17) is 4.74 Å². The van der Waals surface area contributed by atoms with Crippen LogP contribution < -0.4 is 10.6 Å². The Morgan fingerprint density at radius 2 is 2.00 bits per heavy atom. The molecule has 2 rings (SSSR count). The zero-order valence-corrected chi connectivity index (χ0v) is 13.6. The van der Waals surface area contributed by atoms with Crippen molar-refractivity contribution in [2.45, 2.75) is 32.4 Å². The van der Waals surface area contributed by atoms with Crippen molar-refractivity contribution < 1.29 is 4.74 Å². The number of rotatable bonds is 7. The molecule has 22 heavy (non-hydrogen) atoms. The van der Waals surface area contributed by atoms with Gasteiger partial charge in [-0.2, -0.15) is 0 Å². The molecule has 2 N–H and O–H groups in total. The fourth-order valence-corrected chi connectivity index (χ4v) is 2.41. The quantitative estimate of drug-likeness (QED) is 0.462. The molecular weight excluding hydrogens is 274 g/mol. The number of nitrogens with zero attached hydrogens (tertiary/aromatic N) is 1. The van der Waals surface area contributed by atoms with Crippen LogP contribution in [0.15, 0.2) is 47.5 Å². The highest BCUT2D eigenvalue weighted by Crippen LogP contribution is 2.08. The number of aliphatic imine (C=N–C) groups is 1. The zero-order valence-electron chi connectivity index (χ0n) is 13.6. The minimum Gasteiger partial charge on any atom is -0.376 e. The predicted molar refractivity (Wildman–Crippen MR) is 91.9 cm³/mol. The molecule has 1 aromatic rings. The standard InChI is InChI=1S/C18H27N3O/c1-15(13-22-14-16-8-4-3-5-9-16)12-20-18(19-2)21-17-10-6-7-11-17/h3-9,15,17H,10-14H2,1-2H3,(H2,19,20,21). The fourth-order valence-electron chi connectivity index (χ4n) is 2.41. The SMILES string of the molecule is CN=C(NCC(C)COCc1ccccc1)NC1CC=CC1. The molecule has 1 atom stereocenters. The summed E-state index contributed by atoms with van der Waals surface area (Å²) in [5.74, 6) is 1.31. The van der Waals surface area contributed by atoms with Crippen LogP contribution in [0, 0.1) is 5.92 Å². The Morgan fingerprint density at radius 3 is 2.68 bits per heavy atom. The lowest BCUT2D eigenvalue weighted by molar-refractivity contribution is 0.0931. The summed E-state index contributed by atoms with van der Waals surface area (Å²) in [7, 11) is 1.81. The summed E-state index contributed by atoms with van der Waals surface area (Å²) in [5.41, 5.74) is 1.22. The van der Waals surface area contributed by atoms with Crippen LogP contribution in [0.1, 0.15) is 25.3 Å². The summed E-state index contributed by atoms with van der Waals surface area (Å²) < 4.78 is 5.77. The summed E-state index contributed by atoms with van der Waals surface area (Å²) in [4.78, 5) is 4.28. The minimum atomic E-state index is 0.434. The van der Waals surface area contributed by atoms with Gasteiger partial charge < -0.3 is 15.4 Å². The monoisotopic (exact) mass is 301 g/mol. The van der Waals surface area contributed by atoms with Gasteiger partial charge in [-0.25, -0.2) is 0 Å². The van der Waals surface area contributed by atoms with Crippen molar-refractivity contribution in [1.29, 1.82) is 0 Å². The fraction of sp³-hybridized carbons (Fsp3) is 0.500.